The van der Waals surface area contributed by atoms with Gasteiger partial charge in [0.25, 0.3) is 0 Å². The maximum Gasteiger partial charge on any atom is 0.161 e. The molecular weight excluding hydrogens is 292 g/mol. The summed E-state index contributed by atoms with van der Waals surface area (Å²) in [4.78, 5) is 0. The van der Waals surface area contributed by atoms with E-state index in [2.05, 4.69) is 0 Å². The van der Waals surface area contributed by atoms with E-state index in [1.807, 2.05) is 36.4 Å². The van der Waals surface area contributed by atoms with Gasteiger partial charge >= 0.3 is 0 Å². The molecule has 0 fully saturated rings. The van der Waals surface area contributed by atoms with E-state index in [0.29, 0.717) is 18.6 Å². The Labute approximate surface area is 137 Å². The lowest BCUT2D eigenvalue weighted by molar-refractivity contribution is 0.288. The number of phenols is 1. The van der Waals surface area contributed by atoms with E-state index in [9.17, 15) is 5.11 Å². The molecule has 2 N–H and O–H groups in total. The summed E-state index contributed by atoms with van der Waals surface area (Å²) in [6.07, 6.45) is 2.97. The second-order valence-electron chi connectivity index (χ2n) is 5.48. The highest BCUT2D eigenvalue weighted by Gasteiger charge is 2.11. The minimum Gasteiger partial charge on any atom is -0.504 e. The lowest BCUT2D eigenvalue weighted by Crippen LogP contribution is -1.98. The number of aliphatic hydroxyl groups is 1. The second-order valence-corrected chi connectivity index (χ2v) is 5.48. The van der Waals surface area contributed by atoms with Crippen molar-refractivity contribution in [1.82, 2.24) is 0 Å². The Morgan fingerprint density at radius 3 is 2.43 bits per heavy atom. The molecule has 0 atom stereocenters. The molecule has 23 heavy (non-hydrogen) atoms. The Hall–Kier alpha value is -2.20. The molecule has 0 unspecified atom stereocenters. The zero-order chi connectivity index (χ0) is 16.7. The molecule has 0 radical (unpaired) electrons. The molecule has 0 saturated carbocycles. The van der Waals surface area contributed by atoms with Crippen LogP contribution in [0.2, 0.25) is 0 Å². The number of aryl methyl sites for hydroxylation is 3. The van der Waals surface area contributed by atoms with Crippen molar-refractivity contribution in [2.75, 3.05) is 20.8 Å². The molecule has 0 aromatic heterocycles. The molecule has 4 nitrogen and oxygen atoms in total. The van der Waals surface area contributed by atoms with Gasteiger partial charge in [0.2, 0.25) is 0 Å². The Kier molecular flexibility index (Phi) is 6.29. The summed E-state index contributed by atoms with van der Waals surface area (Å²) >= 11 is 0. The van der Waals surface area contributed by atoms with E-state index in [4.69, 9.17) is 14.6 Å². The first kappa shape index (κ1) is 17.2. The van der Waals surface area contributed by atoms with Crippen molar-refractivity contribution in [2.24, 2.45) is 0 Å². The van der Waals surface area contributed by atoms with E-state index in [1.165, 1.54) is 0 Å². The number of methoxy groups -OCH3 is 2. The summed E-state index contributed by atoms with van der Waals surface area (Å²) in [6.45, 7) is 0.155. The predicted octanol–water partition coefficient (Wildman–Crippen LogP) is 3.12. The fraction of sp³-hybridized carbons (Fsp3) is 0.368. The molecule has 4 heteroatoms. The van der Waals surface area contributed by atoms with Crippen LogP contribution in [0, 0.1) is 0 Å². The quantitative estimate of drug-likeness (QED) is 0.785. The minimum absolute atomic E-state index is 0.155. The van der Waals surface area contributed by atoms with Gasteiger partial charge in [-0.15, -0.1) is 0 Å². The Morgan fingerprint density at radius 1 is 0.913 bits per heavy atom. The topological polar surface area (TPSA) is 58.9 Å². The van der Waals surface area contributed by atoms with E-state index >= 15 is 0 Å². The highest BCUT2D eigenvalue weighted by Crippen LogP contribution is 2.33. The van der Waals surface area contributed by atoms with Crippen molar-refractivity contribution in [1.29, 1.82) is 0 Å². The minimum atomic E-state index is 0.155. The summed E-state index contributed by atoms with van der Waals surface area (Å²) in [5.41, 5.74) is 3.08. The number of aliphatic hydroxyl groups excluding tert-OH is 1. The lowest BCUT2D eigenvalue weighted by Gasteiger charge is -2.12. The Balaban J connectivity index is 2.16. The van der Waals surface area contributed by atoms with Crippen LogP contribution in [0.5, 0.6) is 17.2 Å². The maximum absolute atomic E-state index is 10.3. The molecule has 0 aliphatic carbocycles. The molecule has 0 bridgehead atoms. The third kappa shape index (κ3) is 4.63. The molecule has 0 heterocycles. The molecule has 2 aromatic carbocycles. The number of hydrogen-bond donors (Lipinski definition) is 2. The Bertz CT molecular complexity index is 637. The number of rotatable bonds is 8. The maximum atomic E-state index is 10.3. The third-order valence-electron chi connectivity index (χ3n) is 3.87. The fourth-order valence-corrected chi connectivity index (χ4v) is 2.61. The third-order valence-corrected chi connectivity index (χ3v) is 3.87. The average Bonchev–Trinajstić information content (AvgIpc) is 2.59. The van der Waals surface area contributed by atoms with Crippen molar-refractivity contribution < 1.29 is 19.7 Å². The Morgan fingerprint density at radius 2 is 1.74 bits per heavy atom. The van der Waals surface area contributed by atoms with Gasteiger partial charge in [0, 0.05) is 6.61 Å². The highest BCUT2D eigenvalue weighted by molar-refractivity contribution is 5.49. The van der Waals surface area contributed by atoms with E-state index < -0.39 is 0 Å². The first-order valence-corrected chi connectivity index (χ1v) is 7.80. The first-order chi connectivity index (χ1) is 11.2. The summed E-state index contributed by atoms with van der Waals surface area (Å²) < 4.78 is 10.5. The number of ether oxygens (including phenoxy) is 2. The summed E-state index contributed by atoms with van der Waals surface area (Å²) in [5, 5.41) is 19.3. The van der Waals surface area contributed by atoms with E-state index in [-0.39, 0.29) is 12.4 Å². The van der Waals surface area contributed by atoms with Gasteiger partial charge in [-0.25, -0.2) is 0 Å². The summed E-state index contributed by atoms with van der Waals surface area (Å²) in [5.74, 6) is 1.52. The van der Waals surface area contributed by atoms with Crippen LogP contribution < -0.4 is 9.47 Å². The molecule has 0 aliphatic rings. The van der Waals surface area contributed by atoms with Crippen molar-refractivity contribution in [3.63, 3.8) is 0 Å². The smallest absolute Gasteiger partial charge is 0.161 e. The van der Waals surface area contributed by atoms with Crippen molar-refractivity contribution >= 4 is 0 Å². The van der Waals surface area contributed by atoms with Crippen LogP contribution in [0.1, 0.15) is 23.1 Å². The van der Waals surface area contributed by atoms with Crippen LogP contribution in [0.15, 0.2) is 36.4 Å². The van der Waals surface area contributed by atoms with Gasteiger partial charge in [0.05, 0.1) is 14.2 Å². The monoisotopic (exact) mass is 316 g/mol. The molecule has 0 spiro atoms. The van der Waals surface area contributed by atoms with Crippen LogP contribution in [0.3, 0.4) is 0 Å². The van der Waals surface area contributed by atoms with Crippen LogP contribution in [-0.4, -0.2) is 31.0 Å². The van der Waals surface area contributed by atoms with Crippen LogP contribution >= 0.6 is 0 Å². The molecule has 0 amide bonds. The first-order valence-electron chi connectivity index (χ1n) is 7.80. The second kappa shape index (κ2) is 8.44. The number of hydrogen-bond acceptors (Lipinski definition) is 4. The molecule has 0 aliphatic heterocycles. The number of benzene rings is 2. The standard InChI is InChI=1S/C19H24O4/c1-22-17-7-3-5-14(12-17)8-9-16-11-15(6-4-10-20)13-18(23-2)19(16)21/h3,5,7,11-13,20-21H,4,6,8-10H2,1-2H3. The number of phenolic OH excluding ortho intramolecular Hbond substituents is 1. The van der Waals surface area contributed by atoms with Crippen molar-refractivity contribution in [2.45, 2.75) is 25.7 Å². The van der Waals surface area contributed by atoms with Gasteiger partial charge in [-0.3, -0.25) is 0 Å². The lowest BCUT2D eigenvalue weighted by atomic mass is 9.99. The highest BCUT2D eigenvalue weighted by atomic mass is 16.5. The predicted molar refractivity (Wildman–Crippen MR) is 90.5 cm³/mol. The molecule has 2 rings (SSSR count). The van der Waals surface area contributed by atoms with Gasteiger partial charge < -0.3 is 19.7 Å². The summed E-state index contributed by atoms with van der Waals surface area (Å²) in [6, 6.07) is 11.8. The molecule has 124 valence electrons. The zero-order valence-corrected chi connectivity index (χ0v) is 13.7. The van der Waals surface area contributed by atoms with Crippen LogP contribution in [-0.2, 0) is 19.3 Å². The van der Waals surface area contributed by atoms with Crippen LogP contribution in [0.4, 0.5) is 0 Å². The normalized spacial score (nSPS) is 10.6. The van der Waals surface area contributed by atoms with E-state index in [0.717, 1.165) is 35.3 Å². The van der Waals surface area contributed by atoms with Crippen LogP contribution in [0.25, 0.3) is 0 Å². The summed E-state index contributed by atoms with van der Waals surface area (Å²) in [7, 11) is 3.21. The van der Waals surface area contributed by atoms with Gasteiger partial charge in [-0.2, -0.15) is 0 Å². The van der Waals surface area contributed by atoms with Gasteiger partial charge in [-0.1, -0.05) is 18.2 Å². The molecular formula is C19H24O4. The number of aromatic hydroxyl groups is 1. The average molecular weight is 316 g/mol. The SMILES string of the molecule is COc1cccc(CCc2cc(CCCO)cc(OC)c2O)c1. The van der Waals surface area contributed by atoms with Crippen molar-refractivity contribution in [3.05, 3.63) is 53.1 Å². The van der Waals surface area contributed by atoms with Crippen molar-refractivity contribution in [3.8, 4) is 17.2 Å². The largest absolute Gasteiger partial charge is 0.504 e. The fourth-order valence-electron chi connectivity index (χ4n) is 2.61. The van der Waals surface area contributed by atoms with Gasteiger partial charge in [0.15, 0.2) is 11.5 Å². The molecule has 0 saturated heterocycles. The van der Waals surface area contributed by atoms with Gasteiger partial charge in [-0.05, 0) is 60.6 Å². The van der Waals surface area contributed by atoms with E-state index in [1.54, 1.807) is 14.2 Å². The van der Waals surface area contributed by atoms with Gasteiger partial charge in [0.1, 0.15) is 5.75 Å². The zero-order valence-electron chi connectivity index (χ0n) is 13.7. The molecule has 2 aromatic rings.